The molecule has 1 aromatic heterocycles. The van der Waals surface area contributed by atoms with Crippen LogP contribution >= 0.6 is 0 Å². The normalized spacial score (nSPS) is 10.8. The molecule has 0 radical (unpaired) electrons. The van der Waals surface area contributed by atoms with Crippen molar-refractivity contribution < 1.29 is 23.8 Å². The van der Waals surface area contributed by atoms with Crippen LogP contribution in [0.15, 0.2) is 45.6 Å². The third kappa shape index (κ3) is 3.30. The van der Waals surface area contributed by atoms with Gasteiger partial charge in [-0.05, 0) is 30.7 Å². The Morgan fingerprint density at radius 1 is 1.24 bits per heavy atom. The average Bonchev–Trinajstić information content (AvgIpc) is 2.50. The van der Waals surface area contributed by atoms with Crippen molar-refractivity contribution in [1.82, 2.24) is 0 Å². The predicted molar refractivity (Wildman–Crippen MR) is 89.3 cm³/mol. The number of phenols is 2. The molecule has 0 fully saturated rings. The number of hydrogen-bond donors (Lipinski definition) is 3. The first-order chi connectivity index (χ1) is 11.8. The predicted octanol–water partition coefficient (Wildman–Crippen LogP) is 2.83. The van der Waals surface area contributed by atoms with Gasteiger partial charge in [-0.15, -0.1) is 0 Å². The van der Waals surface area contributed by atoms with Gasteiger partial charge in [0, 0.05) is 17.8 Å². The molecule has 2 aromatic carbocycles. The monoisotopic (exact) mass is 343 g/mol. The molecular weight excluding hydrogens is 329 g/mol. The van der Waals surface area contributed by atoms with E-state index in [2.05, 4.69) is 5.32 Å². The molecule has 0 aliphatic carbocycles. The lowest BCUT2D eigenvalue weighted by Gasteiger charge is -2.10. The Kier molecular flexibility index (Phi) is 4.14. The average molecular weight is 343 g/mol. The first-order valence-corrected chi connectivity index (χ1v) is 7.39. The lowest BCUT2D eigenvalue weighted by molar-refractivity contribution is -0.115. The second-order valence-electron chi connectivity index (χ2n) is 5.57. The van der Waals surface area contributed by atoms with E-state index >= 15 is 0 Å². The van der Waals surface area contributed by atoms with Gasteiger partial charge < -0.3 is 19.9 Å². The number of aromatic hydroxyl groups is 2. The van der Waals surface area contributed by atoms with Crippen molar-refractivity contribution in [1.29, 1.82) is 0 Å². The summed E-state index contributed by atoms with van der Waals surface area (Å²) in [7, 11) is 0. The van der Waals surface area contributed by atoms with Crippen LogP contribution in [-0.2, 0) is 11.2 Å². The zero-order valence-electron chi connectivity index (χ0n) is 13.2. The number of anilines is 1. The summed E-state index contributed by atoms with van der Waals surface area (Å²) in [5.74, 6) is -1.53. The van der Waals surface area contributed by atoms with Gasteiger partial charge in [-0.3, -0.25) is 4.79 Å². The number of carbonyl (C=O) groups is 1. The molecule has 0 spiro atoms. The highest BCUT2D eigenvalue weighted by Gasteiger charge is 2.18. The summed E-state index contributed by atoms with van der Waals surface area (Å²) in [6.07, 6.45) is -0.305. The molecule has 0 atom stereocenters. The number of carbonyl (C=O) groups excluding carboxylic acids is 1. The number of aryl methyl sites for hydroxylation is 1. The number of hydrogen-bond acceptors (Lipinski definition) is 5. The molecule has 0 aliphatic heterocycles. The van der Waals surface area contributed by atoms with E-state index in [1.54, 1.807) is 6.92 Å². The Balaban J connectivity index is 1.96. The summed E-state index contributed by atoms with van der Waals surface area (Å²) in [6, 6.07) is 7.70. The third-order valence-electron chi connectivity index (χ3n) is 3.79. The first kappa shape index (κ1) is 16.5. The molecule has 0 saturated heterocycles. The summed E-state index contributed by atoms with van der Waals surface area (Å²) in [5.41, 5.74) is -0.0141. The Morgan fingerprint density at radius 3 is 2.72 bits per heavy atom. The molecule has 128 valence electrons. The van der Waals surface area contributed by atoms with E-state index < -0.39 is 17.3 Å². The minimum Gasteiger partial charge on any atom is -0.508 e. The highest BCUT2D eigenvalue weighted by molar-refractivity contribution is 5.94. The van der Waals surface area contributed by atoms with Crippen molar-refractivity contribution in [3.8, 4) is 11.5 Å². The van der Waals surface area contributed by atoms with Crippen LogP contribution in [0.4, 0.5) is 10.1 Å². The van der Waals surface area contributed by atoms with Gasteiger partial charge in [0.15, 0.2) is 0 Å². The molecule has 0 saturated carbocycles. The van der Waals surface area contributed by atoms with Crippen molar-refractivity contribution in [2.24, 2.45) is 0 Å². The molecule has 1 heterocycles. The highest BCUT2D eigenvalue weighted by Crippen LogP contribution is 2.32. The van der Waals surface area contributed by atoms with E-state index in [-0.39, 0.29) is 40.1 Å². The topological polar surface area (TPSA) is 99.8 Å². The van der Waals surface area contributed by atoms with Crippen LogP contribution in [0.2, 0.25) is 0 Å². The van der Waals surface area contributed by atoms with E-state index in [0.717, 1.165) is 12.1 Å². The second kappa shape index (κ2) is 6.27. The van der Waals surface area contributed by atoms with Crippen LogP contribution in [0.25, 0.3) is 11.0 Å². The third-order valence-corrected chi connectivity index (χ3v) is 3.79. The zero-order valence-corrected chi connectivity index (χ0v) is 13.2. The summed E-state index contributed by atoms with van der Waals surface area (Å²) >= 11 is 0. The van der Waals surface area contributed by atoms with Gasteiger partial charge >= 0.3 is 5.63 Å². The van der Waals surface area contributed by atoms with E-state index in [0.29, 0.717) is 5.56 Å². The van der Waals surface area contributed by atoms with Crippen LogP contribution in [0, 0.1) is 12.7 Å². The fourth-order valence-electron chi connectivity index (χ4n) is 2.65. The van der Waals surface area contributed by atoms with Crippen molar-refractivity contribution in [2.45, 2.75) is 13.3 Å². The molecule has 7 heteroatoms. The Labute approximate surface area is 141 Å². The van der Waals surface area contributed by atoms with Crippen LogP contribution in [0.3, 0.4) is 0 Å². The standard InChI is InChI=1S/C18H14FNO5/c1-9-13(8-16(23)20-11-4-2-3-10(19)5-11)18(24)25-15-7-12(21)6-14(22)17(9)15/h2-7,21-22H,8H2,1H3,(H,20,23). The van der Waals surface area contributed by atoms with Gasteiger partial charge in [0.1, 0.15) is 22.9 Å². The zero-order chi connectivity index (χ0) is 18.1. The molecule has 3 rings (SSSR count). The van der Waals surface area contributed by atoms with Gasteiger partial charge in [-0.1, -0.05) is 6.07 Å². The van der Waals surface area contributed by atoms with E-state index in [9.17, 15) is 24.2 Å². The Morgan fingerprint density at radius 2 is 2.00 bits per heavy atom. The van der Waals surface area contributed by atoms with Crippen molar-refractivity contribution in [3.63, 3.8) is 0 Å². The molecule has 0 aliphatic rings. The smallest absolute Gasteiger partial charge is 0.340 e. The van der Waals surface area contributed by atoms with E-state index in [1.165, 1.54) is 24.3 Å². The molecule has 6 nitrogen and oxygen atoms in total. The number of nitrogens with one attached hydrogen (secondary N) is 1. The molecule has 3 N–H and O–H groups in total. The lowest BCUT2D eigenvalue weighted by Crippen LogP contribution is -2.20. The fraction of sp³-hybridized carbons (Fsp3) is 0.111. The number of rotatable bonds is 3. The Bertz CT molecular complexity index is 1040. The number of amides is 1. The molecular formula is C18H14FNO5. The Hall–Kier alpha value is -3.35. The molecule has 1 amide bonds. The SMILES string of the molecule is Cc1c(CC(=O)Nc2cccc(F)c2)c(=O)oc2cc(O)cc(O)c12. The summed E-state index contributed by atoms with van der Waals surface area (Å²) in [4.78, 5) is 24.3. The highest BCUT2D eigenvalue weighted by atomic mass is 19.1. The van der Waals surface area contributed by atoms with Crippen LogP contribution in [-0.4, -0.2) is 16.1 Å². The van der Waals surface area contributed by atoms with Crippen LogP contribution in [0.5, 0.6) is 11.5 Å². The second-order valence-corrected chi connectivity index (χ2v) is 5.57. The summed E-state index contributed by atoms with van der Waals surface area (Å²) in [5, 5.41) is 22.2. The lowest BCUT2D eigenvalue weighted by atomic mass is 10.0. The van der Waals surface area contributed by atoms with Gasteiger partial charge in [-0.25, -0.2) is 9.18 Å². The van der Waals surface area contributed by atoms with Gasteiger partial charge in [0.25, 0.3) is 0 Å². The number of benzene rings is 2. The number of fused-ring (bicyclic) bond motifs is 1. The van der Waals surface area contributed by atoms with Gasteiger partial charge in [-0.2, -0.15) is 0 Å². The molecule has 0 unspecified atom stereocenters. The van der Waals surface area contributed by atoms with Gasteiger partial charge in [0.2, 0.25) is 5.91 Å². The summed E-state index contributed by atoms with van der Waals surface area (Å²) < 4.78 is 18.2. The largest absolute Gasteiger partial charge is 0.508 e. The molecule has 0 bridgehead atoms. The minimum absolute atomic E-state index is 0.0225. The first-order valence-electron chi connectivity index (χ1n) is 7.39. The van der Waals surface area contributed by atoms with Crippen molar-refractivity contribution in [3.05, 3.63) is 63.8 Å². The van der Waals surface area contributed by atoms with E-state index in [1.807, 2.05) is 0 Å². The maximum absolute atomic E-state index is 13.2. The molecule has 3 aromatic rings. The quantitative estimate of drug-likeness (QED) is 0.635. The maximum atomic E-state index is 13.2. The number of phenolic OH excluding ortho intramolecular Hbond substituents is 2. The van der Waals surface area contributed by atoms with Crippen molar-refractivity contribution >= 4 is 22.6 Å². The maximum Gasteiger partial charge on any atom is 0.340 e. The summed E-state index contributed by atoms with van der Waals surface area (Å²) in [6.45, 7) is 1.57. The van der Waals surface area contributed by atoms with Crippen LogP contribution in [0.1, 0.15) is 11.1 Å². The minimum atomic E-state index is -0.746. The number of halogens is 1. The van der Waals surface area contributed by atoms with E-state index in [4.69, 9.17) is 4.42 Å². The fourth-order valence-corrected chi connectivity index (χ4v) is 2.65. The van der Waals surface area contributed by atoms with Crippen LogP contribution < -0.4 is 10.9 Å². The van der Waals surface area contributed by atoms with Gasteiger partial charge in [0.05, 0.1) is 17.4 Å². The molecule has 25 heavy (non-hydrogen) atoms. The van der Waals surface area contributed by atoms with Crippen molar-refractivity contribution in [2.75, 3.05) is 5.32 Å².